The summed E-state index contributed by atoms with van der Waals surface area (Å²) < 4.78 is 10.8. The predicted octanol–water partition coefficient (Wildman–Crippen LogP) is 5.90. The first kappa shape index (κ1) is 24.6. The number of ether oxygens (including phenoxy) is 2. The molecule has 0 spiro atoms. The molecule has 1 aliphatic rings. The van der Waals surface area contributed by atoms with Gasteiger partial charge in [-0.15, -0.1) is 0 Å². The van der Waals surface area contributed by atoms with Crippen molar-refractivity contribution < 1.29 is 23.9 Å². The number of barbiturate groups is 1. The van der Waals surface area contributed by atoms with Gasteiger partial charge in [-0.25, -0.2) is 9.69 Å². The van der Waals surface area contributed by atoms with Gasteiger partial charge >= 0.3 is 6.03 Å². The third kappa shape index (κ3) is 5.43. The summed E-state index contributed by atoms with van der Waals surface area (Å²) in [6, 6.07) is 15.5. The summed E-state index contributed by atoms with van der Waals surface area (Å²) in [4.78, 5) is 38.8. The summed E-state index contributed by atoms with van der Waals surface area (Å²) in [7, 11) is 1.50. The van der Waals surface area contributed by atoms with Crippen LogP contribution in [0.4, 0.5) is 10.5 Å². The number of nitrogens with one attached hydrogen (secondary N) is 1. The molecule has 3 aromatic carbocycles. The molecule has 7 nitrogen and oxygen atoms in total. The molecule has 1 heterocycles. The Morgan fingerprint density at radius 2 is 1.63 bits per heavy atom. The maximum absolute atomic E-state index is 13.1. The molecule has 35 heavy (non-hydrogen) atoms. The second-order valence-corrected chi connectivity index (χ2v) is 8.64. The molecule has 1 N–H and O–H groups in total. The summed E-state index contributed by atoms with van der Waals surface area (Å²) in [5.74, 6) is -0.840. The molecule has 0 saturated carbocycles. The van der Waals surface area contributed by atoms with Crippen molar-refractivity contribution in [3.63, 3.8) is 0 Å². The number of halogens is 3. The Hall–Kier alpha value is -3.52. The van der Waals surface area contributed by atoms with Crippen LogP contribution in [-0.2, 0) is 16.2 Å². The first-order valence-corrected chi connectivity index (χ1v) is 11.3. The van der Waals surface area contributed by atoms with Crippen LogP contribution in [0.2, 0.25) is 15.1 Å². The van der Waals surface area contributed by atoms with E-state index >= 15 is 0 Å². The molecule has 4 rings (SSSR count). The van der Waals surface area contributed by atoms with Crippen LogP contribution in [0.25, 0.3) is 6.08 Å². The van der Waals surface area contributed by atoms with E-state index in [0.29, 0.717) is 16.3 Å². The van der Waals surface area contributed by atoms with Crippen LogP contribution < -0.4 is 19.7 Å². The number of amides is 4. The average Bonchev–Trinajstić information content (AvgIpc) is 2.81. The van der Waals surface area contributed by atoms with E-state index in [9.17, 15) is 14.4 Å². The SMILES string of the molecule is COc1ccc(N2C(=O)NC(=O)/C(=C\c3cc(Cl)c(OCc4cccc(Cl)c4)c(Cl)c3)C2=O)cc1. The van der Waals surface area contributed by atoms with Crippen molar-refractivity contribution >= 4 is 64.4 Å². The van der Waals surface area contributed by atoms with E-state index < -0.39 is 17.8 Å². The topological polar surface area (TPSA) is 84.9 Å². The zero-order chi connectivity index (χ0) is 25.1. The minimum atomic E-state index is -0.858. The van der Waals surface area contributed by atoms with E-state index in [2.05, 4.69) is 5.32 Å². The van der Waals surface area contributed by atoms with Gasteiger partial charge in [-0.05, 0) is 65.7 Å². The molecule has 3 aromatic rings. The van der Waals surface area contributed by atoms with Crippen molar-refractivity contribution in [1.29, 1.82) is 0 Å². The van der Waals surface area contributed by atoms with E-state index in [0.717, 1.165) is 10.5 Å². The van der Waals surface area contributed by atoms with E-state index in [1.807, 2.05) is 6.07 Å². The van der Waals surface area contributed by atoms with Gasteiger partial charge in [-0.2, -0.15) is 0 Å². The van der Waals surface area contributed by atoms with Crippen molar-refractivity contribution in [2.24, 2.45) is 0 Å². The first-order valence-electron chi connectivity index (χ1n) is 10.2. The number of methoxy groups -OCH3 is 1. The third-order valence-electron chi connectivity index (χ3n) is 5.04. The molecule has 1 saturated heterocycles. The number of benzene rings is 3. The van der Waals surface area contributed by atoms with Crippen LogP contribution in [0.1, 0.15) is 11.1 Å². The van der Waals surface area contributed by atoms with Crippen molar-refractivity contribution in [3.8, 4) is 11.5 Å². The zero-order valence-corrected chi connectivity index (χ0v) is 20.4. The number of nitrogens with zero attached hydrogens (tertiary/aromatic N) is 1. The molecular formula is C25H17Cl3N2O5. The quantitative estimate of drug-likeness (QED) is 0.316. The molecule has 0 aliphatic carbocycles. The normalized spacial score (nSPS) is 14.8. The van der Waals surface area contributed by atoms with Crippen molar-refractivity contribution in [2.75, 3.05) is 12.0 Å². The highest BCUT2D eigenvalue weighted by atomic mass is 35.5. The highest BCUT2D eigenvalue weighted by Crippen LogP contribution is 2.36. The first-order chi connectivity index (χ1) is 16.8. The highest BCUT2D eigenvalue weighted by molar-refractivity contribution is 6.40. The van der Waals surface area contributed by atoms with Crippen molar-refractivity contribution in [1.82, 2.24) is 5.32 Å². The number of rotatable bonds is 6. The second kappa shape index (κ2) is 10.4. The Morgan fingerprint density at radius 3 is 2.26 bits per heavy atom. The number of carbonyl (C=O) groups excluding carboxylic acids is 3. The Labute approximate surface area is 215 Å². The van der Waals surface area contributed by atoms with Crippen LogP contribution in [-0.4, -0.2) is 25.0 Å². The van der Waals surface area contributed by atoms with Gasteiger partial charge in [-0.3, -0.25) is 14.9 Å². The van der Waals surface area contributed by atoms with Gasteiger partial charge in [0.15, 0.2) is 5.75 Å². The Bertz CT molecular complexity index is 1330. The average molecular weight is 532 g/mol. The van der Waals surface area contributed by atoms with Gasteiger partial charge < -0.3 is 9.47 Å². The fourth-order valence-corrected chi connectivity index (χ4v) is 4.20. The summed E-state index contributed by atoms with van der Waals surface area (Å²) in [5, 5.41) is 3.10. The van der Waals surface area contributed by atoms with E-state index in [4.69, 9.17) is 44.3 Å². The van der Waals surface area contributed by atoms with Gasteiger partial charge in [0, 0.05) is 5.02 Å². The van der Waals surface area contributed by atoms with Crippen LogP contribution in [0.15, 0.2) is 66.2 Å². The van der Waals surface area contributed by atoms with E-state index in [1.54, 1.807) is 30.3 Å². The van der Waals surface area contributed by atoms with E-state index in [-0.39, 0.29) is 33.7 Å². The van der Waals surface area contributed by atoms with Gasteiger partial charge in [0.05, 0.1) is 22.8 Å². The molecule has 0 radical (unpaired) electrons. The third-order valence-corrected chi connectivity index (χ3v) is 5.83. The molecule has 0 unspecified atom stereocenters. The maximum Gasteiger partial charge on any atom is 0.335 e. The Kier molecular flexibility index (Phi) is 7.31. The summed E-state index contributed by atoms with van der Waals surface area (Å²) in [6.07, 6.45) is 1.30. The molecule has 0 aromatic heterocycles. The molecule has 10 heteroatoms. The molecule has 0 bridgehead atoms. The van der Waals surface area contributed by atoms with Crippen LogP contribution in [0.5, 0.6) is 11.5 Å². The lowest BCUT2D eigenvalue weighted by atomic mass is 10.1. The summed E-state index contributed by atoms with van der Waals surface area (Å²) in [5.41, 5.74) is 1.20. The molecule has 178 valence electrons. The molecular weight excluding hydrogens is 515 g/mol. The standard InChI is InChI=1S/C25H17Cl3N2O5/c1-34-18-7-5-17(6-8-18)30-24(32)19(23(31)29-25(30)33)10-15-11-20(27)22(21(28)12-15)35-13-14-3-2-4-16(26)9-14/h2-12H,13H2,1H3,(H,29,31,33)/b19-10+. The molecule has 4 amide bonds. The number of imide groups is 2. The maximum atomic E-state index is 13.1. The summed E-state index contributed by atoms with van der Waals surface area (Å²) in [6.45, 7) is 0.181. The Morgan fingerprint density at radius 1 is 0.943 bits per heavy atom. The smallest absolute Gasteiger partial charge is 0.335 e. The number of urea groups is 1. The van der Waals surface area contributed by atoms with Gasteiger partial charge in [0.2, 0.25) is 0 Å². The fourth-order valence-electron chi connectivity index (χ4n) is 3.37. The van der Waals surface area contributed by atoms with Gasteiger partial charge in [0.1, 0.15) is 17.9 Å². The fraction of sp³-hybridized carbons (Fsp3) is 0.0800. The minimum absolute atomic E-state index is 0.179. The number of hydrogen-bond acceptors (Lipinski definition) is 5. The molecule has 0 atom stereocenters. The lowest BCUT2D eigenvalue weighted by Crippen LogP contribution is -2.54. The number of hydrogen-bond donors (Lipinski definition) is 1. The Balaban J connectivity index is 1.60. The number of anilines is 1. The largest absolute Gasteiger partial charge is 0.497 e. The van der Waals surface area contributed by atoms with Crippen LogP contribution in [0.3, 0.4) is 0 Å². The van der Waals surface area contributed by atoms with E-state index in [1.165, 1.54) is 37.5 Å². The lowest BCUT2D eigenvalue weighted by Gasteiger charge is -2.26. The van der Waals surface area contributed by atoms with Crippen LogP contribution >= 0.6 is 34.8 Å². The zero-order valence-electron chi connectivity index (χ0n) is 18.2. The molecule has 1 aliphatic heterocycles. The lowest BCUT2D eigenvalue weighted by molar-refractivity contribution is -0.122. The van der Waals surface area contributed by atoms with Crippen molar-refractivity contribution in [2.45, 2.75) is 6.61 Å². The second-order valence-electron chi connectivity index (χ2n) is 7.39. The number of carbonyl (C=O) groups is 3. The monoisotopic (exact) mass is 530 g/mol. The summed E-state index contributed by atoms with van der Waals surface area (Å²) >= 11 is 18.7. The highest BCUT2D eigenvalue weighted by Gasteiger charge is 2.36. The van der Waals surface area contributed by atoms with Crippen molar-refractivity contribution in [3.05, 3.63) is 92.4 Å². The minimum Gasteiger partial charge on any atom is -0.497 e. The van der Waals surface area contributed by atoms with Gasteiger partial charge in [-0.1, -0.05) is 46.9 Å². The predicted molar refractivity (Wildman–Crippen MR) is 134 cm³/mol. The van der Waals surface area contributed by atoms with Gasteiger partial charge in [0.25, 0.3) is 11.8 Å². The molecule has 1 fully saturated rings. The van der Waals surface area contributed by atoms with Crippen LogP contribution in [0, 0.1) is 0 Å².